The van der Waals surface area contributed by atoms with Gasteiger partial charge in [0.25, 0.3) is 0 Å². The van der Waals surface area contributed by atoms with Crippen LogP contribution in [0.2, 0.25) is 0 Å². The second kappa shape index (κ2) is 7.35. The van der Waals surface area contributed by atoms with E-state index in [2.05, 4.69) is 92.7 Å². The minimum atomic E-state index is 0.536. The molecule has 0 saturated heterocycles. The molecule has 2 aromatic heterocycles. The number of hydrogen-bond donors (Lipinski definition) is 0. The zero-order valence-electron chi connectivity index (χ0n) is 18.2. The molecule has 0 aliphatic heterocycles. The average Bonchev–Trinajstić information content (AvgIpc) is 3.21. The maximum absolute atomic E-state index is 6.08. The van der Waals surface area contributed by atoms with Gasteiger partial charge in [-0.05, 0) is 52.9 Å². The van der Waals surface area contributed by atoms with E-state index in [-0.39, 0.29) is 0 Å². The van der Waals surface area contributed by atoms with Gasteiger partial charge in [-0.2, -0.15) is 0 Å². The predicted octanol–water partition coefficient (Wildman–Crippen LogP) is 8.59. The molecule has 4 aromatic carbocycles. The molecule has 0 unspecified atom stereocenters. The van der Waals surface area contributed by atoms with E-state index in [9.17, 15) is 0 Å². The molecule has 0 fully saturated rings. The number of nitrogens with zero attached hydrogens (tertiary/aromatic N) is 1. The van der Waals surface area contributed by atoms with E-state index >= 15 is 0 Å². The van der Waals surface area contributed by atoms with Gasteiger partial charge >= 0.3 is 0 Å². The lowest BCUT2D eigenvalue weighted by Crippen LogP contribution is -1.88. The first-order valence-corrected chi connectivity index (χ1v) is 11.1. The largest absolute Gasteiger partial charge is 0.456 e. The van der Waals surface area contributed by atoms with E-state index in [1.54, 1.807) is 0 Å². The third kappa shape index (κ3) is 3.16. The number of pyridine rings is 1. The fourth-order valence-corrected chi connectivity index (χ4v) is 4.40. The number of furan rings is 1. The zero-order valence-corrected chi connectivity index (χ0v) is 18.2. The first-order chi connectivity index (χ1) is 15.7. The van der Waals surface area contributed by atoms with Crippen molar-refractivity contribution in [3.8, 4) is 22.4 Å². The Morgan fingerprint density at radius 1 is 0.625 bits per heavy atom. The third-order valence-corrected chi connectivity index (χ3v) is 6.28. The minimum absolute atomic E-state index is 0.536. The van der Waals surface area contributed by atoms with Gasteiger partial charge in [0.2, 0.25) is 0 Å². The molecule has 0 spiro atoms. The molecule has 0 N–H and O–H groups in total. The summed E-state index contributed by atoms with van der Waals surface area (Å²) in [6, 6.07) is 34.1. The van der Waals surface area contributed by atoms with Crippen molar-refractivity contribution >= 4 is 32.8 Å². The molecule has 2 heteroatoms. The highest BCUT2D eigenvalue weighted by Gasteiger charge is 2.10. The Bertz CT molecular complexity index is 1590. The summed E-state index contributed by atoms with van der Waals surface area (Å²) in [6.07, 6.45) is 0. The van der Waals surface area contributed by atoms with Crippen LogP contribution in [0.3, 0.4) is 0 Å². The Morgan fingerprint density at radius 2 is 1.34 bits per heavy atom. The molecule has 32 heavy (non-hydrogen) atoms. The van der Waals surface area contributed by atoms with Crippen LogP contribution in [0.15, 0.2) is 101 Å². The molecule has 0 radical (unpaired) electrons. The lowest BCUT2D eigenvalue weighted by Gasteiger charge is -2.09. The topological polar surface area (TPSA) is 26.0 Å². The lowest BCUT2D eigenvalue weighted by molar-refractivity contribution is 0.669. The highest BCUT2D eigenvalue weighted by Crippen LogP contribution is 2.32. The van der Waals surface area contributed by atoms with E-state index in [0.717, 1.165) is 44.1 Å². The van der Waals surface area contributed by atoms with E-state index in [0.29, 0.717) is 5.92 Å². The molecule has 6 aromatic rings. The van der Waals surface area contributed by atoms with E-state index in [1.165, 1.54) is 16.7 Å². The smallest absolute Gasteiger partial charge is 0.136 e. The van der Waals surface area contributed by atoms with Crippen molar-refractivity contribution in [2.75, 3.05) is 0 Å². The molecule has 154 valence electrons. The number of fused-ring (bicyclic) bond motifs is 4. The third-order valence-electron chi connectivity index (χ3n) is 6.28. The summed E-state index contributed by atoms with van der Waals surface area (Å²) in [4.78, 5) is 5.00. The van der Waals surface area contributed by atoms with Crippen LogP contribution >= 0.6 is 0 Å². The van der Waals surface area contributed by atoms with Crippen LogP contribution in [0.5, 0.6) is 0 Å². The van der Waals surface area contributed by atoms with Crippen molar-refractivity contribution in [3.63, 3.8) is 0 Å². The summed E-state index contributed by atoms with van der Waals surface area (Å²) >= 11 is 0. The van der Waals surface area contributed by atoms with E-state index in [1.807, 2.05) is 18.2 Å². The van der Waals surface area contributed by atoms with Gasteiger partial charge in [0.15, 0.2) is 0 Å². The maximum atomic E-state index is 6.08. The fraction of sp³-hybridized carbons (Fsp3) is 0.100. The Morgan fingerprint density at radius 3 is 2.19 bits per heavy atom. The molecule has 0 saturated carbocycles. The number of hydrogen-bond acceptors (Lipinski definition) is 2. The van der Waals surface area contributed by atoms with Crippen molar-refractivity contribution in [1.82, 2.24) is 4.98 Å². The molecule has 0 amide bonds. The number of aromatic nitrogens is 1. The molecule has 0 aliphatic rings. The summed E-state index contributed by atoms with van der Waals surface area (Å²) in [5, 5.41) is 3.42. The second-order valence-corrected chi connectivity index (χ2v) is 8.69. The van der Waals surface area contributed by atoms with Crippen molar-refractivity contribution in [3.05, 3.63) is 103 Å². The minimum Gasteiger partial charge on any atom is -0.456 e. The van der Waals surface area contributed by atoms with Crippen LogP contribution in [0.1, 0.15) is 25.3 Å². The monoisotopic (exact) mass is 413 g/mol. The van der Waals surface area contributed by atoms with Gasteiger partial charge in [-0.3, -0.25) is 0 Å². The molecule has 0 bridgehead atoms. The molecular formula is C30H23NO. The predicted molar refractivity (Wildman–Crippen MR) is 134 cm³/mol. The first-order valence-electron chi connectivity index (χ1n) is 11.1. The Kier molecular flexibility index (Phi) is 4.32. The van der Waals surface area contributed by atoms with E-state index in [4.69, 9.17) is 9.40 Å². The molecule has 0 atom stereocenters. The Balaban J connectivity index is 1.42. The molecule has 0 aliphatic carbocycles. The summed E-state index contributed by atoms with van der Waals surface area (Å²) in [5.74, 6) is 0.536. The quantitative estimate of drug-likeness (QED) is 0.290. The fourth-order valence-electron chi connectivity index (χ4n) is 4.40. The van der Waals surface area contributed by atoms with Gasteiger partial charge < -0.3 is 4.42 Å². The van der Waals surface area contributed by atoms with Crippen molar-refractivity contribution in [2.24, 2.45) is 0 Å². The maximum Gasteiger partial charge on any atom is 0.136 e. The van der Waals surface area contributed by atoms with Gasteiger partial charge in [-0.15, -0.1) is 0 Å². The van der Waals surface area contributed by atoms with Crippen LogP contribution in [-0.2, 0) is 0 Å². The van der Waals surface area contributed by atoms with Crippen molar-refractivity contribution in [1.29, 1.82) is 0 Å². The summed E-state index contributed by atoms with van der Waals surface area (Å²) in [7, 11) is 0. The van der Waals surface area contributed by atoms with Crippen LogP contribution in [0.4, 0.5) is 0 Å². The van der Waals surface area contributed by atoms with Gasteiger partial charge in [-0.1, -0.05) is 80.6 Å². The molecule has 2 nitrogen and oxygen atoms in total. The summed E-state index contributed by atoms with van der Waals surface area (Å²) < 4.78 is 6.08. The molecular weight excluding hydrogens is 390 g/mol. The van der Waals surface area contributed by atoms with E-state index < -0.39 is 0 Å². The van der Waals surface area contributed by atoms with Crippen molar-refractivity contribution in [2.45, 2.75) is 19.8 Å². The lowest BCUT2D eigenvalue weighted by atomic mass is 9.98. The Hall–Kier alpha value is -3.91. The van der Waals surface area contributed by atoms with Gasteiger partial charge in [-0.25, -0.2) is 4.98 Å². The average molecular weight is 414 g/mol. The molecule has 6 rings (SSSR count). The number of para-hydroxylation sites is 1. The van der Waals surface area contributed by atoms with Crippen LogP contribution in [0.25, 0.3) is 55.2 Å². The standard InChI is InChI=1S/C30H23NO/c1-19(2)20-7-9-21(10-8-20)23-12-11-22-14-16-27(31-28(22)17-23)24-13-15-26-25-5-3-4-6-29(25)32-30(26)18-24/h3-19H,1-2H3. The summed E-state index contributed by atoms with van der Waals surface area (Å²) in [5.41, 5.74) is 8.58. The zero-order chi connectivity index (χ0) is 21.7. The highest BCUT2D eigenvalue weighted by atomic mass is 16.3. The van der Waals surface area contributed by atoms with Crippen LogP contribution in [0, 0.1) is 0 Å². The second-order valence-electron chi connectivity index (χ2n) is 8.69. The molecule has 2 heterocycles. The highest BCUT2D eigenvalue weighted by molar-refractivity contribution is 6.05. The Labute approximate surface area is 187 Å². The van der Waals surface area contributed by atoms with Crippen molar-refractivity contribution < 1.29 is 4.42 Å². The number of rotatable bonds is 3. The van der Waals surface area contributed by atoms with Gasteiger partial charge in [0, 0.05) is 21.7 Å². The van der Waals surface area contributed by atoms with Crippen LogP contribution < -0.4 is 0 Å². The van der Waals surface area contributed by atoms with Gasteiger partial charge in [0.05, 0.1) is 11.2 Å². The summed E-state index contributed by atoms with van der Waals surface area (Å²) in [6.45, 7) is 4.44. The first kappa shape index (κ1) is 18.8. The SMILES string of the molecule is CC(C)c1ccc(-c2ccc3ccc(-c4ccc5c(c4)oc4ccccc45)nc3c2)cc1. The van der Waals surface area contributed by atoms with Gasteiger partial charge in [0.1, 0.15) is 11.2 Å². The number of benzene rings is 4. The van der Waals surface area contributed by atoms with Crippen LogP contribution in [-0.4, -0.2) is 4.98 Å². The normalized spacial score (nSPS) is 11.7.